The van der Waals surface area contributed by atoms with Crippen LogP contribution in [0.1, 0.15) is 18.2 Å². The van der Waals surface area contributed by atoms with Gasteiger partial charge in [-0.1, -0.05) is 17.7 Å². The lowest BCUT2D eigenvalue weighted by Gasteiger charge is -2.27. The highest BCUT2D eigenvalue weighted by molar-refractivity contribution is 6.30. The van der Waals surface area contributed by atoms with E-state index < -0.39 is 54.9 Å². The van der Waals surface area contributed by atoms with Crippen LogP contribution in [-0.2, 0) is 25.5 Å². The topological polar surface area (TPSA) is 163 Å². The Labute approximate surface area is 205 Å². The van der Waals surface area contributed by atoms with E-state index in [4.69, 9.17) is 38.4 Å². The number of aliphatic carboxylic acids is 2. The Bertz CT molecular complexity index is 1290. The van der Waals surface area contributed by atoms with Crippen LogP contribution in [0.3, 0.4) is 0 Å². The number of benzene rings is 1. The minimum Gasteiger partial charge on any atom is -0.479 e. The summed E-state index contributed by atoms with van der Waals surface area (Å²) in [6, 6.07) is 3.36. The second-order valence-electron chi connectivity index (χ2n) is 7.76. The van der Waals surface area contributed by atoms with Gasteiger partial charge in [0.05, 0.1) is 19.0 Å². The van der Waals surface area contributed by atoms with Crippen LogP contribution in [0, 0.1) is 5.82 Å². The summed E-state index contributed by atoms with van der Waals surface area (Å²) in [6.45, 7) is -0.616. The maximum Gasteiger partial charge on any atom is 0.348 e. The minimum absolute atomic E-state index is 0.0193. The maximum atomic E-state index is 14.9. The van der Waals surface area contributed by atoms with E-state index in [2.05, 4.69) is 15.0 Å². The zero-order valence-corrected chi connectivity index (χ0v) is 19.1. The van der Waals surface area contributed by atoms with Crippen LogP contribution < -0.4 is 5.73 Å². The number of carboxylic acid groups (broad SMARTS) is 2. The molecule has 0 bridgehead atoms. The number of nitrogens with two attached hydrogens (primary N) is 1. The fraction of sp³-hybridized carbons (Fsp3) is 0.350. The monoisotopic (exact) mass is 531 g/mol. The van der Waals surface area contributed by atoms with E-state index in [-0.39, 0.29) is 39.3 Å². The van der Waals surface area contributed by atoms with Crippen molar-refractivity contribution in [1.29, 1.82) is 0 Å². The van der Waals surface area contributed by atoms with Crippen LogP contribution in [0.15, 0.2) is 24.5 Å². The van der Waals surface area contributed by atoms with Crippen molar-refractivity contribution in [2.75, 3.05) is 12.3 Å². The Morgan fingerprint density at radius 1 is 1.29 bits per heavy atom. The molecule has 0 saturated carbocycles. The fourth-order valence-corrected chi connectivity index (χ4v) is 4.07. The summed E-state index contributed by atoms with van der Waals surface area (Å²) in [7, 11) is 0. The third-order valence-corrected chi connectivity index (χ3v) is 5.89. The van der Waals surface area contributed by atoms with E-state index in [1.54, 1.807) is 0 Å². The van der Waals surface area contributed by atoms with Crippen molar-refractivity contribution in [2.45, 2.75) is 36.9 Å². The second-order valence-corrected chi connectivity index (χ2v) is 8.54. The molecule has 3 aromatic rings. The van der Waals surface area contributed by atoms with Crippen molar-refractivity contribution in [3.05, 3.63) is 46.2 Å². The molecule has 35 heavy (non-hydrogen) atoms. The normalized spacial score (nSPS) is 20.4. The lowest BCUT2D eigenvalue weighted by molar-refractivity contribution is -0.188. The highest BCUT2D eigenvalue weighted by atomic mass is 35.5. The first-order valence-corrected chi connectivity index (χ1v) is 10.8. The fourth-order valence-electron chi connectivity index (χ4n) is 3.74. The Balaban J connectivity index is 1.54. The molecule has 2 aromatic heterocycles. The second kappa shape index (κ2) is 9.49. The lowest BCUT2D eigenvalue weighted by atomic mass is 9.93. The number of imidazole rings is 1. The van der Waals surface area contributed by atoms with Crippen molar-refractivity contribution in [3.8, 4) is 0 Å². The van der Waals surface area contributed by atoms with Crippen LogP contribution in [-0.4, -0.2) is 66.2 Å². The standard InChI is InChI=1S/C20H17Cl2F2N5O6/c21-9-2-1-8(11(23)3-9)5-20(17(30)31,18(32)33)34-6-10-4-12(24)16(35-10)29-7-26-13-14(25)27-19(22)28-15(13)29/h1-3,7,10,12,16H,4-6H2,(H,30,31)(H,32,33)(H2,25,27,28). The van der Waals surface area contributed by atoms with Gasteiger partial charge in [0.25, 0.3) is 5.60 Å². The van der Waals surface area contributed by atoms with Gasteiger partial charge in [-0.15, -0.1) is 0 Å². The number of ether oxygens (including phenoxy) is 2. The van der Waals surface area contributed by atoms with E-state index in [9.17, 15) is 28.6 Å². The number of nitrogen functional groups attached to an aromatic ring is 1. The summed E-state index contributed by atoms with van der Waals surface area (Å²) in [5.74, 6) is -4.66. The highest BCUT2D eigenvalue weighted by Gasteiger charge is 2.50. The number of rotatable bonds is 8. The summed E-state index contributed by atoms with van der Waals surface area (Å²) in [5, 5.41) is 19.2. The van der Waals surface area contributed by atoms with Gasteiger partial charge in [-0.05, 0) is 29.3 Å². The molecule has 0 amide bonds. The summed E-state index contributed by atoms with van der Waals surface area (Å²) in [5.41, 5.74) is 2.93. The van der Waals surface area contributed by atoms with E-state index >= 15 is 0 Å². The predicted octanol–water partition coefficient (Wildman–Crippen LogP) is 2.65. The highest BCUT2D eigenvalue weighted by Crippen LogP contribution is 2.35. The molecule has 1 aliphatic rings. The zero-order valence-electron chi connectivity index (χ0n) is 17.6. The molecule has 4 rings (SSSR count). The van der Waals surface area contributed by atoms with Gasteiger partial charge in [0, 0.05) is 17.9 Å². The van der Waals surface area contributed by atoms with Crippen LogP contribution in [0.5, 0.6) is 0 Å². The molecule has 1 saturated heterocycles. The number of halogens is 4. The largest absolute Gasteiger partial charge is 0.479 e. The van der Waals surface area contributed by atoms with Gasteiger partial charge in [-0.3, -0.25) is 4.57 Å². The quantitative estimate of drug-likeness (QED) is 0.290. The van der Waals surface area contributed by atoms with Crippen molar-refractivity contribution in [1.82, 2.24) is 19.5 Å². The molecule has 0 radical (unpaired) electrons. The van der Waals surface area contributed by atoms with Gasteiger partial charge in [0.15, 0.2) is 17.7 Å². The van der Waals surface area contributed by atoms with E-state index in [1.807, 2.05) is 0 Å². The van der Waals surface area contributed by atoms with Crippen molar-refractivity contribution in [2.24, 2.45) is 0 Å². The predicted molar refractivity (Wildman–Crippen MR) is 117 cm³/mol. The van der Waals surface area contributed by atoms with E-state index in [0.717, 1.165) is 12.1 Å². The third-order valence-electron chi connectivity index (χ3n) is 5.49. The van der Waals surface area contributed by atoms with Crippen molar-refractivity contribution < 1.29 is 38.1 Å². The molecule has 0 spiro atoms. The SMILES string of the molecule is Nc1nc(Cl)nc2c1ncn2C1OC(COC(Cc2ccc(Cl)cc2F)(C(=O)O)C(=O)O)CC1F. The number of hydrogen-bond donors (Lipinski definition) is 3. The molecule has 0 aliphatic carbocycles. The molecular formula is C20H17Cl2F2N5O6. The van der Waals surface area contributed by atoms with Crippen LogP contribution in [0.2, 0.25) is 10.3 Å². The molecular weight excluding hydrogens is 515 g/mol. The summed E-state index contributed by atoms with van der Waals surface area (Å²) < 4.78 is 41.3. The summed E-state index contributed by atoms with van der Waals surface area (Å²) in [4.78, 5) is 35.7. The summed E-state index contributed by atoms with van der Waals surface area (Å²) in [6.07, 6.45) is -3.80. The number of fused-ring (bicyclic) bond motifs is 1. The number of hydrogen-bond acceptors (Lipinski definition) is 8. The number of nitrogens with zero attached hydrogens (tertiary/aromatic N) is 4. The average Bonchev–Trinajstić information content (AvgIpc) is 3.35. The molecule has 11 nitrogen and oxygen atoms in total. The molecule has 15 heteroatoms. The third kappa shape index (κ3) is 4.72. The van der Waals surface area contributed by atoms with Crippen LogP contribution in [0.4, 0.5) is 14.6 Å². The summed E-state index contributed by atoms with van der Waals surface area (Å²) >= 11 is 11.5. The number of anilines is 1. The van der Waals surface area contributed by atoms with Gasteiger partial charge in [-0.25, -0.2) is 23.4 Å². The van der Waals surface area contributed by atoms with Gasteiger partial charge in [-0.2, -0.15) is 9.97 Å². The molecule has 1 aromatic carbocycles. The average molecular weight is 532 g/mol. The van der Waals surface area contributed by atoms with Crippen molar-refractivity contribution >= 4 is 52.1 Å². The number of carboxylic acids is 2. The van der Waals surface area contributed by atoms with Crippen LogP contribution >= 0.6 is 23.2 Å². The van der Waals surface area contributed by atoms with Crippen molar-refractivity contribution in [3.63, 3.8) is 0 Å². The smallest absolute Gasteiger partial charge is 0.348 e. The molecule has 1 aliphatic heterocycles. The van der Waals surface area contributed by atoms with Gasteiger partial charge >= 0.3 is 11.9 Å². The Morgan fingerprint density at radius 3 is 2.66 bits per heavy atom. The molecule has 3 unspecified atom stereocenters. The van der Waals surface area contributed by atoms with Gasteiger partial charge in [0.2, 0.25) is 5.28 Å². The molecule has 1 fully saturated rings. The van der Waals surface area contributed by atoms with Crippen LogP contribution in [0.25, 0.3) is 11.2 Å². The maximum absolute atomic E-state index is 14.9. The Kier molecular flexibility index (Phi) is 6.77. The van der Waals surface area contributed by atoms with E-state index in [0.29, 0.717) is 0 Å². The number of alkyl halides is 1. The Morgan fingerprint density at radius 2 is 2.00 bits per heavy atom. The first-order valence-electron chi connectivity index (χ1n) is 10.0. The molecule has 3 heterocycles. The van der Waals surface area contributed by atoms with Gasteiger partial charge in [0.1, 0.15) is 17.5 Å². The first kappa shape index (κ1) is 25.0. The lowest BCUT2D eigenvalue weighted by Crippen LogP contribution is -2.52. The first-order chi connectivity index (χ1) is 16.5. The van der Waals surface area contributed by atoms with E-state index in [1.165, 1.54) is 17.0 Å². The molecule has 3 atom stereocenters. The Hall–Kier alpha value is -3.13. The molecule has 186 valence electrons. The number of aromatic nitrogens is 4. The zero-order chi connectivity index (χ0) is 25.5. The van der Waals surface area contributed by atoms with Gasteiger partial charge < -0.3 is 25.4 Å². The molecule has 4 N–H and O–H groups in total. The minimum atomic E-state index is -2.86. The number of carbonyl (C=O) groups is 2.